The number of ether oxygens (including phenoxy) is 2. The molecule has 20 heavy (non-hydrogen) atoms. The third-order valence-electron chi connectivity index (χ3n) is 3.53. The van der Waals surface area contributed by atoms with Gasteiger partial charge >= 0.3 is 0 Å². The first-order valence-electron chi connectivity index (χ1n) is 6.86. The molecular weight excluding hydrogens is 250 g/mol. The lowest BCUT2D eigenvalue weighted by atomic mass is 9.88. The molecular formula is C17H22NO2+. The average Bonchev–Trinajstić information content (AvgIpc) is 2.53. The summed E-state index contributed by atoms with van der Waals surface area (Å²) in [5, 5.41) is 0. The van der Waals surface area contributed by atoms with E-state index in [1.165, 1.54) is 11.1 Å². The van der Waals surface area contributed by atoms with E-state index in [1.807, 2.05) is 24.3 Å². The Bertz CT molecular complexity index is 537. The topological polar surface area (TPSA) is 46.1 Å². The van der Waals surface area contributed by atoms with Gasteiger partial charge in [-0.05, 0) is 23.8 Å². The van der Waals surface area contributed by atoms with Gasteiger partial charge in [0, 0.05) is 17.9 Å². The summed E-state index contributed by atoms with van der Waals surface area (Å²) in [6.45, 7) is 0.884. The summed E-state index contributed by atoms with van der Waals surface area (Å²) in [5.41, 5.74) is 6.47. The van der Waals surface area contributed by atoms with Crippen molar-refractivity contribution in [3.8, 4) is 11.5 Å². The smallest absolute Gasteiger partial charge is 0.122 e. The summed E-state index contributed by atoms with van der Waals surface area (Å²) < 4.78 is 10.7. The third kappa shape index (κ3) is 3.11. The minimum Gasteiger partial charge on any atom is -0.497 e. The number of rotatable bonds is 6. The van der Waals surface area contributed by atoms with Crippen LogP contribution in [-0.4, -0.2) is 20.8 Å². The standard InChI is InChI=1S/C17H21NO2/c1-19-14-9-7-13(8-10-14)15(11-12-18)16-5-3-4-6-17(16)20-2/h3-10,15H,11-12,18H2,1-2H3/p+1/t15-/m0/s1. The fourth-order valence-electron chi connectivity index (χ4n) is 2.50. The zero-order chi connectivity index (χ0) is 14.4. The Hall–Kier alpha value is -2.00. The van der Waals surface area contributed by atoms with E-state index in [0.717, 1.165) is 24.5 Å². The molecule has 0 aliphatic heterocycles. The van der Waals surface area contributed by atoms with Gasteiger partial charge in [-0.1, -0.05) is 30.3 Å². The lowest BCUT2D eigenvalue weighted by Gasteiger charge is -2.19. The highest BCUT2D eigenvalue weighted by Gasteiger charge is 2.18. The lowest BCUT2D eigenvalue weighted by Crippen LogP contribution is -2.50. The highest BCUT2D eigenvalue weighted by Crippen LogP contribution is 2.34. The quantitative estimate of drug-likeness (QED) is 0.878. The summed E-state index contributed by atoms with van der Waals surface area (Å²) in [4.78, 5) is 0. The van der Waals surface area contributed by atoms with Crippen LogP contribution >= 0.6 is 0 Å². The van der Waals surface area contributed by atoms with Crippen molar-refractivity contribution in [3.63, 3.8) is 0 Å². The van der Waals surface area contributed by atoms with E-state index in [1.54, 1.807) is 14.2 Å². The number of hydrogen-bond donors (Lipinski definition) is 1. The third-order valence-corrected chi connectivity index (χ3v) is 3.53. The molecule has 2 rings (SSSR count). The second-order valence-corrected chi connectivity index (χ2v) is 4.71. The average molecular weight is 272 g/mol. The molecule has 3 nitrogen and oxygen atoms in total. The minimum absolute atomic E-state index is 0.301. The van der Waals surface area contributed by atoms with Crippen LogP contribution < -0.4 is 15.2 Å². The van der Waals surface area contributed by atoms with Crippen LogP contribution in [0, 0.1) is 0 Å². The van der Waals surface area contributed by atoms with Gasteiger partial charge in [0.2, 0.25) is 0 Å². The van der Waals surface area contributed by atoms with Gasteiger partial charge in [0.1, 0.15) is 11.5 Å². The molecule has 0 unspecified atom stereocenters. The Labute approximate surface area is 120 Å². The van der Waals surface area contributed by atoms with Crippen molar-refractivity contribution in [1.29, 1.82) is 0 Å². The molecule has 0 aromatic heterocycles. The minimum atomic E-state index is 0.301. The number of methoxy groups -OCH3 is 2. The van der Waals surface area contributed by atoms with Crippen LogP contribution in [0.2, 0.25) is 0 Å². The molecule has 3 N–H and O–H groups in total. The normalized spacial score (nSPS) is 11.9. The Morgan fingerprint density at radius 1 is 0.950 bits per heavy atom. The van der Waals surface area contributed by atoms with Gasteiger partial charge in [0.15, 0.2) is 0 Å². The maximum absolute atomic E-state index is 5.49. The number of quaternary nitrogens is 1. The molecule has 2 aromatic rings. The summed E-state index contributed by atoms with van der Waals surface area (Å²) >= 11 is 0. The Morgan fingerprint density at radius 3 is 2.25 bits per heavy atom. The molecule has 0 aliphatic carbocycles. The van der Waals surface area contributed by atoms with E-state index >= 15 is 0 Å². The van der Waals surface area contributed by atoms with Crippen molar-refractivity contribution >= 4 is 0 Å². The first kappa shape index (κ1) is 14.4. The van der Waals surface area contributed by atoms with E-state index in [4.69, 9.17) is 9.47 Å². The molecule has 0 bridgehead atoms. The first-order chi connectivity index (χ1) is 9.80. The van der Waals surface area contributed by atoms with Crippen LogP contribution in [0.5, 0.6) is 11.5 Å². The van der Waals surface area contributed by atoms with Gasteiger partial charge < -0.3 is 15.2 Å². The summed E-state index contributed by atoms with van der Waals surface area (Å²) in [6, 6.07) is 16.4. The van der Waals surface area contributed by atoms with Gasteiger partial charge in [-0.15, -0.1) is 0 Å². The maximum Gasteiger partial charge on any atom is 0.122 e. The van der Waals surface area contributed by atoms with Crippen molar-refractivity contribution in [2.75, 3.05) is 20.8 Å². The molecule has 1 atom stereocenters. The molecule has 0 aliphatic rings. The molecule has 0 radical (unpaired) electrons. The Morgan fingerprint density at radius 2 is 1.65 bits per heavy atom. The van der Waals surface area contributed by atoms with Crippen LogP contribution in [0.4, 0.5) is 0 Å². The first-order valence-corrected chi connectivity index (χ1v) is 6.86. The van der Waals surface area contributed by atoms with E-state index in [-0.39, 0.29) is 0 Å². The van der Waals surface area contributed by atoms with Gasteiger partial charge in [-0.3, -0.25) is 0 Å². The van der Waals surface area contributed by atoms with Crippen LogP contribution in [0.25, 0.3) is 0 Å². The number of hydrogen-bond acceptors (Lipinski definition) is 2. The SMILES string of the molecule is COc1ccc([C@H](CC[NH3+])c2ccccc2OC)cc1. The second-order valence-electron chi connectivity index (χ2n) is 4.71. The fraction of sp³-hybridized carbons (Fsp3) is 0.294. The highest BCUT2D eigenvalue weighted by molar-refractivity contribution is 5.43. The van der Waals surface area contributed by atoms with Crippen molar-refractivity contribution in [2.24, 2.45) is 0 Å². The van der Waals surface area contributed by atoms with E-state index in [2.05, 4.69) is 30.0 Å². The van der Waals surface area contributed by atoms with Crippen LogP contribution in [0.1, 0.15) is 23.5 Å². The predicted octanol–water partition coefficient (Wildman–Crippen LogP) is 2.47. The largest absolute Gasteiger partial charge is 0.497 e. The Kier molecular flexibility index (Phi) is 5.02. The van der Waals surface area contributed by atoms with Crippen molar-refractivity contribution < 1.29 is 15.2 Å². The van der Waals surface area contributed by atoms with Crippen LogP contribution in [0.3, 0.4) is 0 Å². The van der Waals surface area contributed by atoms with Crippen molar-refractivity contribution in [2.45, 2.75) is 12.3 Å². The van der Waals surface area contributed by atoms with E-state index < -0.39 is 0 Å². The molecule has 0 saturated carbocycles. The number of para-hydroxylation sites is 1. The molecule has 2 aromatic carbocycles. The fourth-order valence-corrected chi connectivity index (χ4v) is 2.50. The zero-order valence-corrected chi connectivity index (χ0v) is 12.1. The predicted molar refractivity (Wildman–Crippen MR) is 80.2 cm³/mol. The van der Waals surface area contributed by atoms with E-state index in [9.17, 15) is 0 Å². The second kappa shape index (κ2) is 6.96. The highest BCUT2D eigenvalue weighted by atomic mass is 16.5. The lowest BCUT2D eigenvalue weighted by molar-refractivity contribution is -0.368. The maximum atomic E-state index is 5.49. The monoisotopic (exact) mass is 272 g/mol. The molecule has 0 saturated heterocycles. The molecule has 0 amide bonds. The van der Waals surface area contributed by atoms with Gasteiger partial charge in [-0.25, -0.2) is 0 Å². The summed E-state index contributed by atoms with van der Waals surface area (Å²) in [5.74, 6) is 2.11. The van der Waals surface area contributed by atoms with Gasteiger partial charge in [0.05, 0.1) is 20.8 Å². The van der Waals surface area contributed by atoms with Crippen LogP contribution in [0.15, 0.2) is 48.5 Å². The van der Waals surface area contributed by atoms with Gasteiger partial charge in [0.25, 0.3) is 0 Å². The van der Waals surface area contributed by atoms with E-state index in [0.29, 0.717) is 5.92 Å². The Balaban J connectivity index is 2.39. The summed E-state index contributed by atoms with van der Waals surface area (Å²) in [6.07, 6.45) is 0.993. The van der Waals surface area contributed by atoms with Crippen LogP contribution in [-0.2, 0) is 0 Å². The molecule has 106 valence electrons. The summed E-state index contributed by atoms with van der Waals surface area (Å²) in [7, 11) is 3.40. The molecule has 0 heterocycles. The zero-order valence-electron chi connectivity index (χ0n) is 12.1. The molecule has 3 heteroatoms. The van der Waals surface area contributed by atoms with Crippen molar-refractivity contribution in [1.82, 2.24) is 0 Å². The molecule has 0 spiro atoms. The van der Waals surface area contributed by atoms with Crippen molar-refractivity contribution in [3.05, 3.63) is 59.7 Å². The number of benzene rings is 2. The van der Waals surface area contributed by atoms with Gasteiger partial charge in [-0.2, -0.15) is 0 Å². The molecule has 0 fully saturated rings.